The molecule has 4 nitrogen and oxygen atoms in total. The Morgan fingerprint density at radius 3 is 2.70 bits per heavy atom. The SMILES string of the molecule is Cc1ccc(N/C=C(/C#N)C(=O)N(C)C2CCCCC2)cc1Cl. The molecule has 0 radical (unpaired) electrons. The van der Waals surface area contributed by atoms with Crippen molar-refractivity contribution < 1.29 is 4.79 Å². The molecule has 0 atom stereocenters. The van der Waals surface area contributed by atoms with E-state index in [1.807, 2.05) is 25.1 Å². The average molecular weight is 332 g/mol. The van der Waals surface area contributed by atoms with E-state index in [-0.39, 0.29) is 17.5 Å². The van der Waals surface area contributed by atoms with E-state index in [1.54, 1.807) is 18.0 Å². The van der Waals surface area contributed by atoms with Gasteiger partial charge in [-0.2, -0.15) is 5.26 Å². The lowest BCUT2D eigenvalue weighted by Gasteiger charge is -2.31. The first-order valence-corrected chi connectivity index (χ1v) is 8.31. The fourth-order valence-corrected chi connectivity index (χ4v) is 2.98. The van der Waals surface area contributed by atoms with Gasteiger partial charge < -0.3 is 10.2 Å². The highest BCUT2D eigenvalue weighted by Crippen LogP contribution is 2.23. The quantitative estimate of drug-likeness (QED) is 0.662. The van der Waals surface area contributed by atoms with Crippen LogP contribution in [0.15, 0.2) is 30.0 Å². The summed E-state index contributed by atoms with van der Waals surface area (Å²) in [5.41, 5.74) is 1.84. The summed E-state index contributed by atoms with van der Waals surface area (Å²) in [6, 6.07) is 7.76. The molecule has 0 heterocycles. The number of carbonyl (C=O) groups is 1. The predicted octanol–water partition coefficient (Wildman–Crippen LogP) is 4.26. The van der Waals surface area contributed by atoms with E-state index in [2.05, 4.69) is 5.32 Å². The molecule has 0 aromatic heterocycles. The van der Waals surface area contributed by atoms with Crippen molar-refractivity contribution in [2.45, 2.75) is 45.1 Å². The number of rotatable bonds is 4. The standard InChI is InChI=1S/C18H22ClN3O/c1-13-8-9-15(10-17(13)19)21-12-14(11-20)18(23)22(2)16-6-4-3-5-7-16/h8-10,12,16,21H,3-7H2,1-2H3/b14-12-. The third kappa shape index (κ3) is 4.49. The second-order valence-corrected chi connectivity index (χ2v) is 6.39. The van der Waals surface area contributed by atoms with Gasteiger partial charge in [0.2, 0.25) is 0 Å². The zero-order valence-corrected chi connectivity index (χ0v) is 14.4. The maximum absolute atomic E-state index is 12.5. The van der Waals surface area contributed by atoms with Crippen LogP contribution in [0.25, 0.3) is 0 Å². The maximum atomic E-state index is 12.5. The topological polar surface area (TPSA) is 56.1 Å². The first-order valence-electron chi connectivity index (χ1n) is 7.93. The summed E-state index contributed by atoms with van der Waals surface area (Å²) in [6.45, 7) is 1.92. The van der Waals surface area contributed by atoms with Gasteiger partial charge in [0.05, 0.1) is 0 Å². The van der Waals surface area contributed by atoms with Crippen LogP contribution in [0.2, 0.25) is 5.02 Å². The Bertz CT molecular complexity index is 642. The third-order valence-corrected chi connectivity index (χ3v) is 4.76. The van der Waals surface area contributed by atoms with Crippen LogP contribution in [0.1, 0.15) is 37.7 Å². The number of anilines is 1. The molecule has 1 saturated carbocycles. The minimum Gasteiger partial charge on any atom is -0.360 e. The van der Waals surface area contributed by atoms with Crippen LogP contribution >= 0.6 is 11.6 Å². The van der Waals surface area contributed by atoms with Gasteiger partial charge in [-0.15, -0.1) is 0 Å². The summed E-state index contributed by atoms with van der Waals surface area (Å²) >= 11 is 6.08. The van der Waals surface area contributed by atoms with Crippen molar-refractivity contribution in [1.29, 1.82) is 5.26 Å². The van der Waals surface area contributed by atoms with Gasteiger partial charge in [0.25, 0.3) is 5.91 Å². The Morgan fingerprint density at radius 1 is 1.39 bits per heavy atom. The van der Waals surface area contributed by atoms with E-state index < -0.39 is 0 Å². The number of hydrogen-bond acceptors (Lipinski definition) is 3. The molecule has 1 fully saturated rings. The van der Waals surface area contributed by atoms with Crippen LogP contribution in [0, 0.1) is 18.3 Å². The van der Waals surface area contributed by atoms with Gasteiger partial charge in [0, 0.05) is 30.0 Å². The van der Waals surface area contributed by atoms with Crippen molar-refractivity contribution in [3.8, 4) is 6.07 Å². The second-order valence-electron chi connectivity index (χ2n) is 5.99. The molecule has 2 rings (SSSR count). The van der Waals surface area contributed by atoms with E-state index >= 15 is 0 Å². The van der Waals surface area contributed by atoms with Crippen LogP contribution < -0.4 is 5.32 Å². The molecular weight excluding hydrogens is 310 g/mol. The lowest BCUT2D eigenvalue weighted by Crippen LogP contribution is -2.39. The van der Waals surface area contributed by atoms with Crippen molar-refractivity contribution in [2.75, 3.05) is 12.4 Å². The number of benzene rings is 1. The van der Waals surface area contributed by atoms with E-state index in [0.29, 0.717) is 5.02 Å². The zero-order valence-electron chi connectivity index (χ0n) is 13.6. The number of nitrogens with zero attached hydrogens (tertiary/aromatic N) is 2. The van der Waals surface area contributed by atoms with Crippen LogP contribution in [0.5, 0.6) is 0 Å². The summed E-state index contributed by atoms with van der Waals surface area (Å²) in [4.78, 5) is 14.2. The molecule has 0 unspecified atom stereocenters. The fourth-order valence-electron chi connectivity index (χ4n) is 2.80. The minimum absolute atomic E-state index is 0.106. The number of nitriles is 1. The van der Waals surface area contributed by atoms with Crippen LogP contribution in [0.4, 0.5) is 5.69 Å². The van der Waals surface area contributed by atoms with Gasteiger partial charge in [-0.3, -0.25) is 4.79 Å². The smallest absolute Gasteiger partial charge is 0.266 e. The molecule has 0 aliphatic heterocycles. The molecule has 1 aliphatic rings. The van der Waals surface area contributed by atoms with Crippen molar-refractivity contribution in [3.63, 3.8) is 0 Å². The van der Waals surface area contributed by atoms with Crippen molar-refractivity contribution in [1.82, 2.24) is 4.90 Å². The highest BCUT2D eigenvalue weighted by atomic mass is 35.5. The fraction of sp³-hybridized carbons (Fsp3) is 0.444. The Morgan fingerprint density at radius 2 is 2.09 bits per heavy atom. The summed E-state index contributed by atoms with van der Waals surface area (Å²) < 4.78 is 0. The lowest BCUT2D eigenvalue weighted by atomic mass is 9.94. The second kappa shape index (κ2) is 8.03. The summed E-state index contributed by atoms with van der Waals surface area (Å²) in [6.07, 6.45) is 7.02. The van der Waals surface area contributed by atoms with Gasteiger partial charge in [0.15, 0.2) is 0 Å². The van der Waals surface area contributed by atoms with Crippen LogP contribution in [0.3, 0.4) is 0 Å². The highest BCUT2D eigenvalue weighted by Gasteiger charge is 2.24. The number of nitrogens with one attached hydrogen (secondary N) is 1. The number of hydrogen-bond donors (Lipinski definition) is 1. The summed E-state index contributed by atoms with van der Waals surface area (Å²) in [7, 11) is 1.78. The van der Waals surface area contributed by atoms with E-state index in [4.69, 9.17) is 11.6 Å². The van der Waals surface area contributed by atoms with E-state index in [0.717, 1.165) is 36.9 Å². The normalized spacial score (nSPS) is 15.8. The molecular formula is C18H22ClN3O. The Hall–Kier alpha value is -1.99. The minimum atomic E-state index is -0.231. The Kier molecular flexibility index (Phi) is 6.06. The van der Waals surface area contributed by atoms with Crippen molar-refractivity contribution >= 4 is 23.2 Å². The molecule has 0 bridgehead atoms. The molecule has 23 heavy (non-hydrogen) atoms. The molecule has 5 heteroatoms. The molecule has 1 aliphatic carbocycles. The first-order chi connectivity index (χ1) is 11.0. The van der Waals surface area contributed by atoms with Crippen molar-refractivity contribution in [3.05, 3.63) is 40.6 Å². The molecule has 122 valence electrons. The van der Waals surface area contributed by atoms with E-state index in [1.165, 1.54) is 12.6 Å². The monoisotopic (exact) mass is 331 g/mol. The van der Waals surface area contributed by atoms with Gasteiger partial charge in [-0.1, -0.05) is 36.9 Å². The largest absolute Gasteiger partial charge is 0.360 e. The predicted molar refractivity (Wildman–Crippen MR) is 93.2 cm³/mol. The zero-order chi connectivity index (χ0) is 16.8. The maximum Gasteiger partial charge on any atom is 0.266 e. The summed E-state index contributed by atoms with van der Waals surface area (Å²) in [5.74, 6) is -0.231. The average Bonchev–Trinajstić information content (AvgIpc) is 2.58. The number of likely N-dealkylation sites (N-methyl/N-ethyl adjacent to an activating group) is 1. The number of aryl methyl sites for hydroxylation is 1. The molecule has 1 amide bonds. The molecule has 1 aromatic rings. The molecule has 1 aromatic carbocycles. The molecule has 0 saturated heterocycles. The Balaban J connectivity index is 2.06. The summed E-state index contributed by atoms with van der Waals surface area (Å²) in [5, 5.41) is 12.9. The Labute approximate surface area is 142 Å². The van der Waals surface area contributed by atoms with Crippen LogP contribution in [-0.2, 0) is 4.79 Å². The van der Waals surface area contributed by atoms with E-state index in [9.17, 15) is 10.1 Å². The lowest BCUT2D eigenvalue weighted by molar-refractivity contribution is -0.128. The number of amides is 1. The third-order valence-electron chi connectivity index (χ3n) is 4.35. The van der Waals surface area contributed by atoms with Gasteiger partial charge >= 0.3 is 0 Å². The first kappa shape index (κ1) is 17.4. The van der Waals surface area contributed by atoms with Gasteiger partial charge in [-0.05, 0) is 37.5 Å². The van der Waals surface area contributed by atoms with Gasteiger partial charge in [-0.25, -0.2) is 0 Å². The highest BCUT2D eigenvalue weighted by molar-refractivity contribution is 6.31. The molecule has 0 spiro atoms. The van der Waals surface area contributed by atoms with Crippen LogP contribution in [-0.4, -0.2) is 23.9 Å². The van der Waals surface area contributed by atoms with Crippen molar-refractivity contribution in [2.24, 2.45) is 0 Å². The number of carbonyl (C=O) groups excluding carboxylic acids is 1. The van der Waals surface area contributed by atoms with Gasteiger partial charge in [0.1, 0.15) is 11.6 Å². The number of halogens is 1. The molecule has 1 N–H and O–H groups in total.